The summed E-state index contributed by atoms with van der Waals surface area (Å²) in [6.45, 7) is 1.81. The van der Waals surface area contributed by atoms with Gasteiger partial charge < -0.3 is 10.2 Å². The summed E-state index contributed by atoms with van der Waals surface area (Å²) < 4.78 is 6.02. The number of rotatable bonds is 1. The van der Waals surface area contributed by atoms with Crippen molar-refractivity contribution in [1.29, 1.82) is 0 Å². The van der Waals surface area contributed by atoms with Gasteiger partial charge in [-0.05, 0) is 28.1 Å². The SMILES string of the molecule is Cc1nc(-c2ccc(Br)c(N)c2)co1. The number of halogens is 1. The predicted octanol–water partition coefficient (Wildman–Crippen LogP) is 2.99. The van der Waals surface area contributed by atoms with E-state index >= 15 is 0 Å². The van der Waals surface area contributed by atoms with E-state index in [1.165, 1.54) is 0 Å². The molecule has 14 heavy (non-hydrogen) atoms. The van der Waals surface area contributed by atoms with Gasteiger partial charge in [0.15, 0.2) is 5.89 Å². The minimum absolute atomic E-state index is 0.654. The molecule has 1 heterocycles. The van der Waals surface area contributed by atoms with Crippen LogP contribution in [-0.2, 0) is 0 Å². The number of aromatic nitrogens is 1. The average Bonchev–Trinajstić information content (AvgIpc) is 2.57. The lowest BCUT2D eigenvalue weighted by atomic mass is 10.1. The van der Waals surface area contributed by atoms with E-state index in [0.717, 1.165) is 15.7 Å². The molecule has 0 saturated carbocycles. The normalized spacial score (nSPS) is 10.4. The van der Waals surface area contributed by atoms with Crippen molar-refractivity contribution in [2.75, 3.05) is 5.73 Å². The van der Waals surface area contributed by atoms with Crippen molar-refractivity contribution in [2.24, 2.45) is 0 Å². The first-order chi connectivity index (χ1) is 6.66. The Bertz CT molecular complexity index is 465. The van der Waals surface area contributed by atoms with Gasteiger partial charge in [0, 0.05) is 22.6 Å². The standard InChI is InChI=1S/C10H9BrN2O/c1-6-13-10(5-14-6)7-2-3-8(11)9(12)4-7/h2-5H,12H2,1H3. The smallest absolute Gasteiger partial charge is 0.191 e. The van der Waals surface area contributed by atoms with Crippen LogP contribution in [0.15, 0.2) is 33.4 Å². The summed E-state index contributed by atoms with van der Waals surface area (Å²) >= 11 is 3.34. The molecule has 0 spiro atoms. The Hall–Kier alpha value is -1.29. The molecule has 1 aromatic carbocycles. The molecule has 0 aliphatic carbocycles. The maximum Gasteiger partial charge on any atom is 0.191 e. The zero-order valence-corrected chi connectivity index (χ0v) is 9.21. The first-order valence-electron chi connectivity index (χ1n) is 4.14. The van der Waals surface area contributed by atoms with Gasteiger partial charge in [-0.3, -0.25) is 0 Å². The minimum Gasteiger partial charge on any atom is -0.449 e. The van der Waals surface area contributed by atoms with Gasteiger partial charge in [-0.25, -0.2) is 4.98 Å². The lowest BCUT2D eigenvalue weighted by Crippen LogP contribution is -1.87. The molecule has 2 aromatic rings. The van der Waals surface area contributed by atoms with Crippen molar-refractivity contribution in [2.45, 2.75) is 6.92 Å². The van der Waals surface area contributed by atoms with Crippen molar-refractivity contribution < 1.29 is 4.42 Å². The van der Waals surface area contributed by atoms with Crippen molar-refractivity contribution in [3.63, 3.8) is 0 Å². The van der Waals surface area contributed by atoms with Crippen LogP contribution >= 0.6 is 15.9 Å². The Balaban J connectivity index is 2.47. The molecule has 0 aliphatic heterocycles. The summed E-state index contributed by atoms with van der Waals surface area (Å²) in [5.41, 5.74) is 8.22. The maximum absolute atomic E-state index is 5.76. The van der Waals surface area contributed by atoms with Crippen molar-refractivity contribution in [3.8, 4) is 11.3 Å². The number of nitrogens with two attached hydrogens (primary N) is 1. The first-order valence-corrected chi connectivity index (χ1v) is 4.93. The third-order valence-electron chi connectivity index (χ3n) is 1.91. The molecule has 0 amide bonds. The third-order valence-corrected chi connectivity index (χ3v) is 2.63. The van der Waals surface area contributed by atoms with Gasteiger partial charge in [0.1, 0.15) is 12.0 Å². The second-order valence-corrected chi connectivity index (χ2v) is 3.84. The molecule has 1 aromatic heterocycles. The molecule has 0 unspecified atom stereocenters. The molecule has 0 atom stereocenters. The second kappa shape index (κ2) is 3.46. The lowest BCUT2D eigenvalue weighted by molar-refractivity contribution is 0.521. The Morgan fingerprint density at radius 3 is 2.79 bits per heavy atom. The summed E-state index contributed by atoms with van der Waals surface area (Å²) in [5, 5.41) is 0. The number of hydrogen-bond donors (Lipinski definition) is 1. The zero-order chi connectivity index (χ0) is 10.1. The fourth-order valence-corrected chi connectivity index (χ4v) is 1.45. The van der Waals surface area contributed by atoms with Crippen molar-refractivity contribution in [3.05, 3.63) is 34.8 Å². The number of anilines is 1. The Labute approximate surface area is 90.1 Å². The number of hydrogen-bond acceptors (Lipinski definition) is 3. The van der Waals surface area contributed by atoms with Crippen LogP contribution in [0.25, 0.3) is 11.3 Å². The zero-order valence-electron chi connectivity index (χ0n) is 7.62. The molecule has 4 heteroatoms. The van der Waals surface area contributed by atoms with Gasteiger partial charge in [0.25, 0.3) is 0 Å². The number of nitrogen functional groups attached to an aromatic ring is 1. The van der Waals surface area contributed by atoms with Crippen LogP contribution in [0, 0.1) is 6.92 Å². The van der Waals surface area contributed by atoms with E-state index in [2.05, 4.69) is 20.9 Å². The van der Waals surface area contributed by atoms with Crippen LogP contribution in [0.3, 0.4) is 0 Å². The van der Waals surface area contributed by atoms with E-state index in [0.29, 0.717) is 11.6 Å². The van der Waals surface area contributed by atoms with Crippen LogP contribution in [0.2, 0.25) is 0 Å². The maximum atomic E-state index is 5.76. The molecule has 2 rings (SSSR count). The van der Waals surface area contributed by atoms with E-state index in [4.69, 9.17) is 10.2 Å². The highest BCUT2D eigenvalue weighted by Crippen LogP contribution is 2.26. The third kappa shape index (κ3) is 1.65. The highest BCUT2D eigenvalue weighted by Gasteiger charge is 2.04. The highest BCUT2D eigenvalue weighted by molar-refractivity contribution is 9.10. The fraction of sp³-hybridized carbons (Fsp3) is 0.100. The van der Waals surface area contributed by atoms with Gasteiger partial charge in [-0.1, -0.05) is 6.07 Å². The summed E-state index contributed by atoms with van der Waals surface area (Å²) in [6, 6.07) is 5.70. The Kier molecular flexibility index (Phi) is 2.29. The molecule has 0 radical (unpaired) electrons. The van der Waals surface area contributed by atoms with Crippen LogP contribution in [0.4, 0.5) is 5.69 Å². The summed E-state index contributed by atoms with van der Waals surface area (Å²) in [4.78, 5) is 4.21. The number of benzene rings is 1. The van der Waals surface area contributed by atoms with E-state index in [1.54, 1.807) is 6.26 Å². The van der Waals surface area contributed by atoms with Crippen molar-refractivity contribution in [1.82, 2.24) is 4.98 Å². The molecule has 3 nitrogen and oxygen atoms in total. The van der Waals surface area contributed by atoms with Crippen molar-refractivity contribution >= 4 is 21.6 Å². The van der Waals surface area contributed by atoms with Gasteiger partial charge in [-0.2, -0.15) is 0 Å². The predicted molar refractivity (Wildman–Crippen MR) is 58.8 cm³/mol. The molecule has 0 fully saturated rings. The molecule has 0 bridgehead atoms. The Morgan fingerprint density at radius 2 is 2.21 bits per heavy atom. The lowest BCUT2D eigenvalue weighted by Gasteiger charge is -2.00. The minimum atomic E-state index is 0.654. The number of aryl methyl sites for hydroxylation is 1. The molecule has 0 aliphatic rings. The van der Waals surface area contributed by atoms with Crippen LogP contribution in [-0.4, -0.2) is 4.98 Å². The van der Waals surface area contributed by atoms with E-state index in [9.17, 15) is 0 Å². The monoisotopic (exact) mass is 252 g/mol. The summed E-state index contributed by atoms with van der Waals surface area (Å²) in [7, 11) is 0. The van der Waals surface area contributed by atoms with Crippen LogP contribution in [0.5, 0.6) is 0 Å². The second-order valence-electron chi connectivity index (χ2n) is 2.99. The summed E-state index contributed by atoms with van der Waals surface area (Å²) in [6.07, 6.45) is 1.62. The van der Waals surface area contributed by atoms with Crippen LogP contribution < -0.4 is 5.73 Å². The van der Waals surface area contributed by atoms with Gasteiger partial charge in [0.2, 0.25) is 0 Å². The largest absolute Gasteiger partial charge is 0.449 e. The van der Waals surface area contributed by atoms with E-state index in [-0.39, 0.29) is 0 Å². The average molecular weight is 253 g/mol. The van der Waals surface area contributed by atoms with E-state index < -0.39 is 0 Å². The van der Waals surface area contributed by atoms with Gasteiger partial charge in [-0.15, -0.1) is 0 Å². The number of nitrogens with zero attached hydrogens (tertiary/aromatic N) is 1. The highest BCUT2D eigenvalue weighted by atomic mass is 79.9. The molecule has 2 N–H and O–H groups in total. The molecular formula is C10H9BrN2O. The van der Waals surface area contributed by atoms with Crippen LogP contribution in [0.1, 0.15) is 5.89 Å². The topological polar surface area (TPSA) is 52.0 Å². The first kappa shape index (κ1) is 9.27. The summed E-state index contributed by atoms with van der Waals surface area (Å²) in [5.74, 6) is 0.654. The van der Waals surface area contributed by atoms with Gasteiger partial charge >= 0.3 is 0 Å². The fourth-order valence-electron chi connectivity index (χ4n) is 1.20. The number of oxazole rings is 1. The van der Waals surface area contributed by atoms with E-state index in [1.807, 2.05) is 25.1 Å². The van der Waals surface area contributed by atoms with Gasteiger partial charge in [0.05, 0.1) is 0 Å². The molecular weight excluding hydrogens is 244 g/mol. The Morgan fingerprint density at radius 1 is 1.43 bits per heavy atom. The molecule has 72 valence electrons. The molecule has 0 saturated heterocycles. The quantitative estimate of drug-likeness (QED) is 0.795.